The number of nitrogens with zero attached hydrogens (tertiary/aromatic N) is 1. The number of nitrogens with one attached hydrogen (secondary N) is 1. The van der Waals surface area contributed by atoms with Crippen molar-refractivity contribution in [1.82, 2.24) is 0 Å². The van der Waals surface area contributed by atoms with Gasteiger partial charge in [-0.3, -0.25) is 5.41 Å². The van der Waals surface area contributed by atoms with E-state index >= 15 is 0 Å². The summed E-state index contributed by atoms with van der Waals surface area (Å²) in [4.78, 5) is 0. The van der Waals surface area contributed by atoms with Gasteiger partial charge in [0.25, 0.3) is 0 Å². The highest BCUT2D eigenvalue weighted by molar-refractivity contribution is 6.13. The summed E-state index contributed by atoms with van der Waals surface area (Å²) in [5.41, 5.74) is 6.99. The van der Waals surface area contributed by atoms with Gasteiger partial charge in [-0.05, 0) is 6.92 Å². The van der Waals surface area contributed by atoms with Crippen LogP contribution >= 0.6 is 0 Å². The van der Waals surface area contributed by atoms with E-state index in [1.54, 1.807) is 19.1 Å². The highest BCUT2D eigenvalue weighted by Crippen LogP contribution is 2.08. The molecule has 0 fully saturated rings. The molecule has 14 heavy (non-hydrogen) atoms. The molecule has 0 saturated carbocycles. The second kappa shape index (κ2) is 4.24. The lowest BCUT2D eigenvalue weighted by Gasteiger charge is -2.03. The molecule has 0 spiro atoms. The van der Waals surface area contributed by atoms with Gasteiger partial charge >= 0.3 is 0 Å². The van der Waals surface area contributed by atoms with Crippen molar-refractivity contribution in [3.8, 4) is 6.07 Å². The lowest BCUT2D eigenvalue weighted by molar-refractivity contribution is 1.27. The SMILES string of the molecule is C/C(N)=C(\C#N)C(=N)c1ccccc1. The summed E-state index contributed by atoms with van der Waals surface area (Å²) in [5, 5.41) is 16.6. The first-order valence-corrected chi connectivity index (χ1v) is 4.17. The third-order valence-corrected chi connectivity index (χ3v) is 1.82. The van der Waals surface area contributed by atoms with Gasteiger partial charge in [0.2, 0.25) is 0 Å². The monoisotopic (exact) mass is 185 g/mol. The molecule has 1 aromatic carbocycles. The first-order valence-electron chi connectivity index (χ1n) is 4.17. The Labute approximate surface area is 83.0 Å². The van der Waals surface area contributed by atoms with E-state index in [2.05, 4.69) is 0 Å². The number of allylic oxidation sites excluding steroid dienone is 2. The fraction of sp³-hybridized carbons (Fsp3) is 0.0909. The zero-order valence-electron chi connectivity index (χ0n) is 7.91. The number of hydrogen-bond donors (Lipinski definition) is 2. The molecule has 0 amide bonds. The van der Waals surface area contributed by atoms with Crippen LogP contribution in [-0.4, -0.2) is 5.71 Å². The molecule has 0 saturated heterocycles. The maximum Gasteiger partial charge on any atom is 0.103 e. The fourth-order valence-electron chi connectivity index (χ4n) is 1.09. The van der Waals surface area contributed by atoms with E-state index in [-0.39, 0.29) is 11.3 Å². The minimum Gasteiger partial charge on any atom is -0.401 e. The predicted molar refractivity (Wildman–Crippen MR) is 55.8 cm³/mol. The quantitative estimate of drug-likeness (QED) is 0.544. The van der Waals surface area contributed by atoms with Crippen LogP contribution in [0.2, 0.25) is 0 Å². The highest BCUT2D eigenvalue weighted by Gasteiger charge is 2.08. The van der Waals surface area contributed by atoms with Crippen LogP contribution < -0.4 is 5.73 Å². The Morgan fingerprint density at radius 2 is 1.93 bits per heavy atom. The van der Waals surface area contributed by atoms with Crippen molar-refractivity contribution in [2.24, 2.45) is 5.73 Å². The van der Waals surface area contributed by atoms with Crippen molar-refractivity contribution in [3.63, 3.8) is 0 Å². The Kier molecular flexibility index (Phi) is 3.03. The summed E-state index contributed by atoms with van der Waals surface area (Å²) in [6, 6.07) is 11.0. The van der Waals surface area contributed by atoms with Gasteiger partial charge in [0.1, 0.15) is 6.07 Å². The van der Waals surface area contributed by atoms with Gasteiger partial charge in [-0.2, -0.15) is 5.26 Å². The van der Waals surface area contributed by atoms with Crippen LogP contribution in [0.4, 0.5) is 0 Å². The van der Waals surface area contributed by atoms with Crippen molar-refractivity contribution >= 4 is 5.71 Å². The Balaban J connectivity index is 3.11. The average Bonchev–Trinajstić information content (AvgIpc) is 2.19. The third-order valence-electron chi connectivity index (χ3n) is 1.82. The molecule has 0 aliphatic carbocycles. The molecule has 0 aromatic heterocycles. The van der Waals surface area contributed by atoms with Gasteiger partial charge < -0.3 is 5.73 Å². The molecule has 3 heteroatoms. The summed E-state index contributed by atoms with van der Waals surface area (Å²) in [6.07, 6.45) is 0. The topological polar surface area (TPSA) is 73.7 Å². The molecule has 0 aliphatic rings. The summed E-state index contributed by atoms with van der Waals surface area (Å²) in [5.74, 6) is 0. The zero-order valence-corrected chi connectivity index (χ0v) is 7.91. The number of nitrogens with two attached hydrogens (primary N) is 1. The normalized spacial score (nSPS) is 11.4. The molecule has 1 rings (SSSR count). The van der Waals surface area contributed by atoms with Crippen LogP contribution in [0.1, 0.15) is 12.5 Å². The molecule has 0 bridgehead atoms. The minimum absolute atomic E-state index is 0.174. The third kappa shape index (κ3) is 1.99. The molecular formula is C11H11N3. The molecule has 0 aliphatic heterocycles. The fourth-order valence-corrected chi connectivity index (χ4v) is 1.09. The molecule has 0 heterocycles. The van der Waals surface area contributed by atoms with Gasteiger partial charge in [-0.25, -0.2) is 0 Å². The van der Waals surface area contributed by atoms with Gasteiger partial charge in [-0.15, -0.1) is 0 Å². The molecule has 0 atom stereocenters. The van der Waals surface area contributed by atoms with Crippen molar-refractivity contribution in [3.05, 3.63) is 47.2 Å². The van der Waals surface area contributed by atoms with E-state index in [4.69, 9.17) is 16.4 Å². The number of hydrogen-bond acceptors (Lipinski definition) is 3. The van der Waals surface area contributed by atoms with E-state index in [0.29, 0.717) is 11.3 Å². The van der Waals surface area contributed by atoms with Crippen LogP contribution in [0.25, 0.3) is 0 Å². The van der Waals surface area contributed by atoms with Crippen LogP contribution in [0.15, 0.2) is 41.6 Å². The Hall–Kier alpha value is -2.08. The lowest BCUT2D eigenvalue weighted by atomic mass is 10.0. The van der Waals surface area contributed by atoms with E-state index < -0.39 is 0 Å². The summed E-state index contributed by atoms with van der Waals surface area (Å²) >= 11 is 0. The van der Waals surface area contributed by atoms with Crippen molar-refractivity contribution < 1.29 is 0 Å². The molecule has 70 valence electrons. The van der Waals surface area contributed by atoms with Crippen molar-refractivity contribution in [1.29, 1.82) is 10.7 Å². The first-order chi connectivity index (χ1) is 6.66. The zero-order chi connectivity index (χ0) is 10.6. The Bertz CT molecular complexity index is 406. The summed E-state index contributed by atoms with van der Waals surface area (Å²) < 4.78 is 0. The molecular weight excluding hydrogens is 174 g/mol. The first kappa shape index (κ1) is 10.0. The van der Waals surface area contributed by atoms with Gasteiger partial charge in [0.15, 0.2) is 0 Å². The number of rotatable bonds is 2. The maximum atomic E-state index is 8.80. The Morgan fingerprint density at radius 3 is 2.36 bits per heavy atom. The minimum atomic E-state index is 0.174. The largest absolute Gasteiger partial charge is 0.401 e. The number of benzene rings is 1. The van der Waals surface area contributed by atoms with E-state index in [1.807, 2.05) is 24.3 Å². The van der Waals surface area contributed by atoms with Gasteiger partial charge in [-0.1, -0.05) is 30.3 Å². The van der Waals surface area contributed by atoms with Crippen molar-refractivity contribution in [2.45, 2.75) is 6.92 Å². The molecule has 0 unspecified atom stereocenters. The highest BCUT2D eigenvalue weighted by atomic mass is 14.6. The maximum absolute atomic E-state index is 8.80. The van der Waals surface area contributed by atoms with Gasteiger partial charge in [0, 0.05) is 11.3 Å². The van der Waals surface area contributed by atoms with E-state index in [1.165, 1.54) is 0 Å². The van der Waals surface area contributed by atoms with Crippen LogP contribution in [0.3, 0.4) is 0 Å². The van der Waals surface area contributed by atoms with Crippen molar-refractivity contribution in [2.75, 3.05) is 0 Å². The van der Waals surface area contributed by atoms with Crippen LogP contribution in [0, 0.1) is 16.7 Å². The van der Waals surface area contributed by atoms with Crippen LogP contribution in [-0.2, 0) is 0 Å². The second-order valence-electron chi connectivity index (χ2n) is 2.91. The van der Waals surface area contributed by atoms with E-state index in [0.717, 1.165) is 0 Å². The smallest absolute Gasteiger partial charge is 0.103 e. The standard InChI is InChI=1S/C11H11N3/c1-8(13)10(7-12)11(14)9-5-3-2-4-6-9/h2-6,14H,13H2,1H3/b10-8-,14-11?. The average molecular weight is 185 g/mol. The molecule has 1 aromatic rings. The molecule has 0 radical (unpaired) electrons. The number of nitriles is 1. The predicted octanol–water partition coefficient (Wildman–Crippen LogP) is 1.81. The van der Waals surface area contributed by atoms with Gasteiger partial charge in [0.05, 0.1) is 11.3 Å². The summed E-state index contributed by atoms with van der Waals surface area (Å²) in [7, 11) is 0. The summed E-state index contributed by atoms with van der Waals surface area (Å²) in [6.45, 7) is 1.62. The molecule has 3 nitrogen and oxygen atoms in total. The van der Waals surface area contributed by atoms with E-state index in [9.17, 15) is 0 Å². The molecule has 3 N–H and O–H groups in total. The second-order valence-corrected chi connectivity index (χ2v) is 2.91. The lowest BCUT2D eigenvalue weighted by Crippen LogP contribution is -2.08. The van der Waals surface area contributed by atoms with Crippen LogP contribution in [0.5, 0.6) is 0 Å². The Morgan fingerprint density at radius 1 is 1.36 bits per heavy atom.